The molecular formula is C11H16N2O2S. The lowest BCUT2D eigenvalue weighted by Gasteiger charge is -2.06. The first-order valence-electron chi connectivity index (χ1n) is 4.99. The minimum Gasteiger partial charge on any atom is -0.366 e. The fourth-order valence-corrected chi connectivity index (χ4v) is 2.47. The molecule has 4 N–H and O–H groups in total. The summed E-state index contributed by atoms with van der Waals surface area (Å²) >= 11 is 0. The van der Waals surface area contributed by atoms with Crippen molar-refractivity contribution in [3.8, 4) is 0 Å². The zero-order chi connectivity index (χ0) is 12.1. The highest BCUT2D eigenvalue weighted by molar-refractivity contribution is 7.84. The molecule has 5 heteroatoms. The van der Waals surface area contributed by atoms with Crippen molar-refractivity contribution in [1.82, 2.24) is 0 Å². The molecule has 0 saturated carbocycles. The van der Waals surface area contributed by atoms with E-state index in [1.807, 2.05) is 6.92 Å². The standard InChI is InChI=1S/C11H16N2O2S/c1-8-6-9(11(13)14)2-3-10(8)7-16(15)5-4-12/h2-3,6H,4-5,7,12H2,1H3,(H2,13,14). The molecular weight excluding hydrogens is 224 g/mol. The van der Waals surface area contributed by atoms with Crippen LogP contribution in [0, 0.1) is 6.92 Å². The predicted octanol–water partition coefficient (Wildman–Crippen LogP) is 0.301. The Labute approximate surface area is 97.5 Å². The van der Waals surface area contributed by atoms with Gasteiger partial charge in [0.25, 0.3) is 0 Å². The van der Waals surface area contributed by atoms with Gasteiger partial charge in [-0.2, -0.15) is 0 Å². The summed E-state index contributed by atoms with van der Waals surface area (Å²) in [5, 5.41) is 0. The first-order chi connectivity index (χ1) is 7.54. The number of carbonyl (C=O) groups excluding carboxylic acids is 1. The second-order valence-electron chi connectivity index (χ2n) is 3.58. The summed E-state index contributed by atoms with van der Waals surface area (Å²) in [4.78, 5) is 10.9. The number of benzene rings is 1. The molecule has 0 fully saturated rings. The Balaban J connectivity index is 2.83. The van der Waals surface area contributed by atoms with E-state index in [9.17, 15) is 9.00 Å². The molecule has 0 aliphatic rings. The van der Waals surface area contributed by atoms with Crippen molar-refractivity contribution < 1.29 is 9.00 Å². The summed E-state index contributed by atoms with van der Waals surface area (Å²) in [7, 11) is -0.940. The molecule has 4 nitrogen and oxygen atoms in total. The Kier molecular flexibility index (Phi) is 4.64. The van der Waals surface area contributed by atoms with Gasteiger partial charge in [-0.3, -0.25) is 9.00 Å². The lowest BCUT2D eigenvalue weighted by atomic mass is 10.1. The minimum atomic E-state index is -0.940. The monoisotopic (exact) mass is 240 g/mol. The molecule has 0 aliphatic heterocycles. The Morgan fingerprint density at radius 3 is 2.62 bits per heavy atom. The molecule has 0 radical (unpaired) electrons. The number of carbonyl (C=O) groups is 1. The third kappa shape index (κ3) is 3.43. The third-order valence-corrected chi connectivity index (χ3v) is 3.61. The summed E-state index contributed by atoms with van der Waals surface area (Å²) in [5.41, 5.74) is 12.9. The van der Waals surface area contributed by atoms with Crippen LogP contribution in [0.25, 0.3) is 0 Å². The molecule has 0 heterocycles. The lowest BCUT2D eigenvalue weighted by Crippen LogP contribution is -2.13. The minimum absolute atomic E-state index is 0.422. The number of rotatable bonds is 5. The highest BCUT2D eigenvalue weighted by Crippen LogP contribution is 2.13. The van der Waals surface area contributed by atoms with Crippen molar-refractivity contribution in [2.24, 2.45) is 11.5 Å². The van der Waals surface area contributed by atoms with E-state index in [2.05, 4.69) is 0 Å². The number of primary amides is 1. The van der Waals surface area contributed by atoms with Gasteiger partial charge >= 0.3 is 0 Å². The number of hydrogen-bond acceptors (Lipinski definition) is 3. The largest absolute Gasteiger partial charge is 0.366 e. The van der Waals surface area contributed by atoms with E-state index in [1.54, 1.807) is 18.2 Å². The molecule has 0 saturated heterocycles. The average Bonchev–Trinajstić information content (AvgIpc) is 2.21. The molecule has 1 aromatic rings. The van der Waals surface area contributed by atoms with Gasteiger partial charge in [0.05, 0.1) is 0 Å². The van der Waals surface area contributed by atoms with Gasteiger partial charge in [-0.1, -0.05) is 6.07 Å². The predicted molar refractivity (Wildman–Crippen MR) is 65.5 cm³/mol. The van der Waals surface area contributed by atoms with E-state index in [0.717, 1.165) is 11.1 Å². The molecule has 1 rings (SSSR count). The van der Waals surface area contributed by atoms with Crippen LogP contribution in [0.1, 0.15) is 21.5 Å². The van der Waals surface area contributed by atoms with Crippen LogP contribution in [-0.2, 0) is 16.6 Å². The lowest BCUT2D eigenvalue weighted by molar-refractivity contribution is 0.1000. The molecule has 0 aliphatic carbocycles. The third-order valence-electron chi connectivity index (χ3n) is 2.29. The number of nitrogens with two attached hydrogens (primary N) is 2. The zero-order valence-electron chi connectivity index (χ0n) is 9.23. The summed E-state index contributed by atoms with van der Waals surface area (Å²) in [6, 6.07) is 5.17. The number of hydrogen-bond donors (Lipinski definition) is 2. The molecule has 0 aromatic heterocycles. The second kappa shape index (κ2) is 5.77. The van der Waals surface area contributed by atoms with Gasteiger partial charge in [-0.25, -0.2) is 0 Å². The van der Waals surface area contributed by atoms with Crippen molar-refractivity contribution in [2.45, 2.75) is 12.7 Å². The topological polar surface area (TPSA) is 86.2 Å². The maximum absolute atomic E-state index is 11.5. The van der Waals surface area contributed by atoms with Crippen molar-refractivity contribution in [2.75, 3.05) is 12.3 Å². The Morgan fingerprint density at radius 2 is 2.12 bits per heavy atom. The fraction of sp³-hybridized carbons (Fsp3) is 0.364. The Hall–Kier alpha value is -1.20. The average molecular weight is 240 g/mol. The number of aryl methyl sites for hydroxylation is 1. The fourth-order valence-electron chi connectivity index (χ4n) is 1.39. The number of amides is 1. The first kappa shape index (κ1) is 12.9. The van der Waals surface area contributed by atoms with Gasteiger partial charge in [0, 0.05) is 34.4 Å². The van der Waals surface area contributed by atoms with E-state index >= 15 is 0 Å². The van der Waals surface area contributed by atoms with Crippen molar-refractivity contribution in [3.05, 3.63) is 34.9 Å². The van der Waals surface area contributed by atoms with E-state index < -0.39 is 16.7 Å². The quantitative estimate of drug-likeness (QED) is 0.776. The molecule has 1 aromatic carbocycles. The molecule has 16 heavy (non-hydrogen) atoms. The Morgan fingerprint density at radius 1 is 1.44 bits per heavy atom. The maximum atomic E-state index is 11.5. The summed E-state index contributed by atoms with van der Waals surface area (Å²) in [6.45, 7) is 2.30. The van der Waals surface area contributed by atoms with E-state index in [0.29, 0.717) is 23.6 Å². The maximum Gasteiger partial charge on any atom is 0.248 e. The molecule has 1 atom stereocenters. The smallest absolute Gasteiger partial charge is 0.248 e. The normalized spacial score (nSPS) is 12.4. The van der Waals surface area contributed by atoms with Crippen LogP contribution in [-0.4, -0.2) is 22.4 Å². The molecule has 88 valence electrons. The van der Waals surface area contributed by atoms with Gasteiger partial charge in [-0.15, -0.1) is 0 Å². The van der Waals surface area contributed by atoms with Crippen LogP contribution in [0.4, 0.5) is 0 Å². The van der Waals surface area contributed by atoms with Crippen LogP contribution in [0.15, 0.2) is 18.2 Å². The van der Waals surface area contributed by atoms with Crippen molar-refractivity contribution in [3.63, 3.8) is 0 Å². The van der Waals surface area contributed by atoms with Gasteiger partial charge in [0.1, 0.15) is 0 Å². The highest BCUT2D eigenvalue weighted by Gasteiger charge is 2.06. The van der Waals surface area contributed by atoms with Gasteiger partial charge in [-0.05, 0) is 30.2 Å². The van der Waals surface area contributed by atoms with Crippen LogP contribution < -0.4 is 11.5 Å². The second-order valence-corrected chi connectivity index (χ2v) is 5.16. The van der Waals surface area contributed by atoms with Crippen LogP contribution in [0.3, 0.4) is 0 Å². The van der Waals surface area contributed by atoms with Crippen LogP contribution in [0.2, 0.25) is 0 Å². The Bertz CT molecular complexity index is 418. The summed E-state index contributed by atoms with van der Waals surface area (Å²) in [6.07, 6.45) is 0. The molecule has 0 bridgehead atoms. The zero-order valence-corrected chi connectivity index (χ0v) is 10.0. The van der Waals surface area contributed by atoms with E-state index in [4.69, 9.17) is 11.5 Å². The van der Waals surface area contributed by atoms with Gasteiger partial charge in [0.2, 0.25) is 5.91 Å². The molecule has 1 amide bonds. The summed E-state index contributed by atoms with van der Waals surface area (Å²) in [5.74, 6) is 0.525. The van der Waals surface area contributed by atoms with E-state index in [1.165, 1.54) is 0 Å². The van der Waals surface area contributed by atoms with Crippen LogP contribution >= 0.6 is 0 Å². The van der Waals surface area contributed by atoms with Crippen molar-refractivity contribution in [1.29, 1.82) is 0 Å². The SMILES string of the molecule is Cc1cc(C(N)=O)ccc1CS(=O)CCN. The van der Waals surface area contributed by atoms with Crippen LogP contribution in [0.5, 0.6) is 0 Å². The first-order valence-corrected chi connectivity index (χ1v) is 6.47. The molecule has 0 spiro atoms. The highest BCUT2D eigenvalue weighted by atomic mass is 32.2. The van der Waals surface area contributed by atoms with E-state index in [-0.39, 0.29) is 0 Å². The van der Waals surface area contributed by atoms with Crippen molar-refractivity contribution >= 4 is 16.7 Å². The van der Waals surface area contributed by atoms with Gasteiger partial charge in [0.15, 0.2) is 0 Å². The molecule has 1 unspecified atom stereocenters. The summed E-state index contributed by atoms with van der Waals surface area (Å²) < 4.78 is 11.5. The van der Waals surface area contributed by atoms with Gasteiger partial charge < -0.3 is 11.5 Å².